The lowest BCUT2D eigenvalue weighted by atomic mass is 9.98. The van der Waals surface area contributed by atoms with Crippen LogP contribution in [0.25, 0.3) is 0 Å². The summed E-state index contributed by atoms with van der Waals surface area (Å²) < 4.78 is 5.03. The molecule has 19 heavy (non-hydrogen) atoms. The van der Waals surface area contributed by atoms with Crippen molar-refractivity contribution in [2.75, 3.05) is 39.3 Å². The fourth-order valence-corrected chi connectivity index (χ4v) is 2.91. The van der Waals surface area contributed by atoms with Crippen molar-refractivity contribution in [3.63, 3.8) is 0 Å². The number of hydrogen-bond donors (Lipinski definition) is 2. The van der Waals surface area contributed by atoms with E-state index >= 15 is 0 Å². The second kappa shape index (κ2) is 7.70. The Morgan fingerprint density at radius 1 is 1.37 bits per heavy atom. The normalized spacial score (nSPS) is 25.3. The maximum atomic E-state index is 11.6. The molecule has 0 aromatic heterocycles. The van der Waals surface area contributed by atoms with Gasteiger partial charge in [-0.15, -0.1) is 0 Å². The molecule has 1 amide bonds. The van der Waals surface area contributed by atoms with E-state index in [1.165, 1.54) is 19.4 Å². The van der Waals surface area contributed by atoms with Crippen LogP contribution in [0.3, 0.4) is 0 Å². The Labute approximate surface area is 116 Å². The average molecular weight is 269 g/mol. The fourth-order valence-electron chi connectivity index (χ4n) is 2.91. The van der Waals surface area contributed by atoms with Crippen LogP contribution in [0.15, 0.2) is 0 Å². The minimum atomic E-state index is -0.155. The predicted octanol–water partition coefficient (Wildman–Crippen LogP) is 1.20. The summed E-state index contributed by atoms with van der Waals surface area (Å²) in [6.07, 6.45) is 4.56. The largest absolute Gasteiger partial charge is 0.450 e. The highest BCUT2D eigenvalue weighted by Crippen LogP contribution is 2.13. The van der Waals surface area contributed by atoms with Crippen LogP contribution < -0.4 is 10.6 Å². The minimum Gasteiger partial charge on any atom is -0.450 e. The predicted molar refractivity (Wildman–Crippen MR) is 75.2 cm³/mol. The quantitative estimate of drug-likeness (QED) is 0.805. The molecule has 2 rings (SSSR count). The van der Waals surface area contributed by atoms with Crippen molar-refractivity contribution in [1.29, 1.82) is 0 Å². The maximum Gasteiger partial charge on any atom is 0.409 e. The molecule has 2 aliphatic rings. The summed E-state index contributed by atoms with van der Waals surface area (Å²) in [6.45, 7) is 7.38. The molecule has 2 heterocycles. The van der Waals surface area contributed by atoms with Crippen LogP contribution in [-0.2, 0) is 4.74 Å². The summed E-state index contributed by atoms with van der Waals surface area (Å²) in [6, 6.07) is 0.563. The molecule has 1 atom stereocenters. The first kappa shape index (κ1) is 14.6. The summed E-state index contributed by atoms with van der Waals surface area (Å²) in [5, 5.41) is 7.11. The van der Waals surface area contributed by atoms with Crippen LogP contribution in [0.4, 0.5) is 4.79 Å². The third-order valence-corrected chi connectivity index (χ3v) is 4.12. The molecule has 2 saturated heterocycles. The van der Waals surface area contributed by atoms with E-state index in [2.05, 4.69) is 10.6 Å². The molecule has 110 valence electrons. The molecule has 0 saturated carbocycles. The molecular weight excluding hydrogens is 242 g/mol. The van der Waals surface area contributed by atoms with Gasteiger partial charge in [-0.2, -0.15) is 0 Å². The Bertz CT molecular complexity index is 272. The molecule has 0 aromatic carbocycles. The number of nitrogens with one attached hydrogen (secondary N) is 2. The van der Waals surface area contributed by atoms with Gasteiger partial charge in [0.1, 0.15) is 0 Å². The van der Waals surface area contributed by atoms with Crippen molar-refractivity contribution in [1.82, 2.24) is 15.5 Å². The molecule has 0 aromatic rings. The van der Waals surface area contributed by atoms with Crippen LogP contribution >= 0.6 is 0 Å². The van der Waals surface area contributed by atoms with Gasteiger partial charge in [0.25, 0.3) is 0 Å². The SMILES string of the molecule is CCOC(=O)N1CCC(NCC2CCCNC2)CC1. The zero-order valence-electron chi connectivity index (χ0n) is 12.0. The average Bonchev–Trinajstić information content (AvgIpc) is 2.47. The van der Waals surface area contributed by atoms with Gasteiger partial charge in [-0.3, -0.25) is 0 Å². The van der Waals surface area contributed by atoms with Gasteiger partial charge >= 0.3 is 6.09 Å². The Kier molecular flexibility index (Phi) is 5.92. The van der Waals surface area contributed by atoms with Crippen molar-refractivity contribution < 1.29 is 9.53 Å². The summed E-state index contributed by atoms with van der Waals surface area (Å²) in [4.78, 5) is 13.4. The molecular formula is C14H27N3O2. The lowest BCUT2D eigenvalue weighted by Crippen LogP contribution is -2.47. The first-order valence-electron chi connectivity index (χ1n) is 7.65. The number of likely N-dealkylation sites (tertiary alicyclic amines) is 1. The highest BCUT2D eigenvalue weighted by molar-refractivity contribution is 5.67. The number of hydrogen-bond acceptors (Lipinski definition) is 4. The second-order valence-corrected chi connectivity index (χ2v) is 5.58. The van der Waals surface area contributed by atoms with E-state index < -0.39 is 0 Å². The van der Waals surface area contributed by atoms with Gasteiger partial charge in [0.2, 0.25) is 0 Å². The Morgan fingerprint density at radius 2 is 2.16 bits per heavy atom. The third-order valence-electron chi connectivity index (χ3n) is 4.12. The Morgan fingerprint density at radius 3 is 2.79 bits per heavy atom. The molecule has 1 unspecified atom stereocenters. The van der Waals surface area contributed by atoms with Crippen LogP contribution in [0.5, 0.6) is 0 Å². The van der Waals surface area contributed by atoms with Gasteiger partial charge in [-0.1, -0.05) is 0 Å². The van der Waals surface area contributed by atoms with Gasteiger partial charge in [-0.05, 0) is 58.2 Å². The molecule has 0 aliphatic carbocycles. The topological polar surface area (TPSA) is 53.6 Å². The highest BCUT2D eigenvalue weighted by atomic mass is 16.6. The standard InChI is InChI=1S/C14H27N3O2/c1-2-19-14(18)17-8-5-13(6-9-17)16-11-12-4-3-7-15-10-12/h12-13,15-16H,2-11H2,1H3. The van der Waals surface area contributed by atoms with E-state index in [0.29, 0.717) is 12.6 Å². The van der Waals surface area contributed by atoms with E-state index in [0.717, 1.165) is 44.9 Å². The van der Waals surface area contributed by atoms with Gasteiger partial charge in [0.15, 0.2) is 0 Å². The molecule has 0 radical (unpaired) electrons. The number of amides is 1. The van der Waals surface area contributed by atoms with Crippen molar-refractivity contribution in [3.8, 4) is 0 Å². The molecule has 5 nitrogen and oxygen atoms in total. The molecule has 5 heteroatoms. The van der Waals surface area contributed by atoms with Gasteiger partial charge in [-0.25, -0.2) is 4.79 Å². The number of ether oxygens (including phenoxy) is 1. The highest BCUT2D eigenvalue weighted by Gasteiger charge is 2.24. The van der Waals surface area contributed by atoms with Crippen molar-refractivity contribution in [2.24, 2.45) is 5.92 Å². The summed E-state index contributed by atoms with van der Waals surface area (Å²) in [5.41, 5.74) is 0. The zero-order chi connectivity index (χ0) is 13.5. The van der Waals surface area contributed by atoms with Crippen molar-refractivity contribution in [3.05, 3.63) is 0 Å². The van der Waals surface area contributed by atoms with Gasteiger partial charge in [0.05, 0.1) is 6.61 Å². The fraction of sp³-hybridized carbons (Fsp3) is 0.929. The van der Waals surface area contributed by atoms with Crippen LogP contribution in [0.2, 0.25) is 0 Å². The van der Waals surface area contributed by atoms with Crippen molar-refractivity contribution in [2.45, 2.75) is 38.6 Å². The van der Waals surface area contributed by atoms with E-state index in [9.17, 15) is 4.79 Å². The zero-order valence-corrected chi connectivity index (χ0v) is 12.0. The lowest BCUT2D eigenvalue weighted by Gasteiger charge is -2.33. The van der Waals surface area contributed by atoms with Crippen LogP contribution in [-0.4, -0.2) is 56.4 Å². The molecule has 2 fully saturated rings. The smallest absolute Gasteiger partial charge is 0.409 e. The summed E-state index contributed by atoms with van der Waals surface area (Å²) in [5.74, 6) is 0.775. The van der Waals surface area contributed by atoms with Crippen LogP contribution in [0.1, 0.15) is 32.6 Å². The second-order valence-electron chi connectivity index (χ2n) is 5.58. The van der Waals surface area contributed by atoms with E-state index in [-0.39, 0.29) is 6.09 Å². The van der Waals surface area contributed by atoms with Gasteiger partial charge < -0.3 is 20.3 Å². The first-order chi connectivity index (χ1) is 9.29. The molecule has 2 aliphatic heterocycles. The van der Waals surface area contributed by atoms with Gasteiger partial charge in [0, 0.05) is 19.1 Å². The van der Waals surface area contributed by atoms with Crippen LogP contribution in [0, 0.1) is 5.92 Å². The maximum absolute atomic E-state index is 11.6. The summed E-state index contributed by atoms with van der Waals surface area (Å²) >= 11 is 0. The number of nitrogens with zero attached hydrogens (tertiary/aromatic N) is 1. The lowest BCUT2D eigenvalue weighted by molar-refractivity contribution is 0.0946. The van der Waals surface area contributed by atoms with E-state index in [1.807, 2.05) is 11.8 Å². The Balaban J connectivity index is 1.61. The van der Waals surface area contributed by atoms with E-state index in [1.54, 1.807) is 0 Å². The monoisotopic (exact) mass is 269 g/mol. The first-order valence-corrected chi connectivity index (χ1v) is 7.65. The number of rotatable bonds is 4. The summed E-state index contributed by atoms with van der Waals surface area (Å²) in [7, 11) is 0. The van der Waals surface area contributed by atoms with E-state index in [4.69, 9.17) is 4.74 Å². The van der Waals surface area contributed by atoms with Crippen molar-refractivity contribution >= 4 is 6.09 Å². The molecule has 0 spiro atoms. The molecule has 2 N–H and O–H groups in total. The Hall–Kier alpha value is -0.810. The number of carbonyl (C=O) groups excluding carboxylic acids is 1. The number of carbonyl (C=O) groups is 1. The minimum absolute atomic E-state index is 0.155. The number of piperidine rings is 2. The molecule has 0 bridgehead atoms. The third kappa shape index (κ3) is 4.66.